The molecule has 1 aliphatic heterocycles. The maximum atomic E-state index is 10.6. The molecule has 1 fully saturated rings. The van der Waals surface area contributed by atoms with Crippen LogP contribution in [0.4, 0.5) is 0 Å². The van der Waals surface area contributed by atoms with Crippen molar-refractivity contribution in [3.63, 3.8) is 0 Å². The largest absolute Gasteiger partial charge is 0.367 e. The van der Waals surface area contributed by atoms with E-state index in [-0.39, 0.29) is 6.67 Å². The second-order valence-electron chi connectivity index (χ2n) is 4.51. The molecule has 0 saturated heterocycles. The molecule has 0 aromatic heterocycles. The predicted molar refractivity (Wildman–Crippen MR) is 60.8 cm³/mol. The molecular weight excluding hydrogens is 206 g/mol. The molecule has 1 aliphatic carbocycles. The van der Waals surface area contributed by atoms with Crippen LogP contribution in [0.2, 0.25) is 0 Å². The smallest absolute Gasteiger partial charge is 0.213 e. The third-order valence-electron chi connectivity index (χ3n) is 3.31. The van der Waals surface area contributed by atoms with Gasteiger partial charge in [-0.2, -0.15) is 0 Å². The van der Waals surface area contributed by atoms with E-state index >= 15 is 0 Å². The molecule has 1 atom stereocenters. The highest BCUT2D eigenvalue weighted by Gasteiger charge is 2.27. The van der Waals surface area contributed by atoms with Gasteiger partial charge in [-0.05, 0) is 12.8 Å². The molecule has 1 saturated carbocycles. The van der Waals surface area contributed by atoms with E-state index < -0.39 is 6.23 Å². The maximum absolute atomic E-state index is 10.6. The summed E-state index contributed by atoms with van der Waals surface area (Å²) in [7, 11) is 0. The average Bonchev–Trinajstić information content (AvgIpc) is 2.52. The van der Waals surface area contributed by atoms with Crippen LogP contribution < -0.4 is 5.32 Å². The van der Waals surface area contributed by atoms with Crippen LogP contribution in [0.1, 0.15) is 38.5 Å². The van der Waals surface area contributed by atoms with Crippen molar-refractivity contribution in [3.05, 3.63) is 0 Å². The van der Waals surface area contributed by atoms with E-state index in [2.05, 4.69) is 10.3 Å². The number of amides is 1. The molecular formula is C11H19N3O2. The molecule has 5 heteroatoms. The summed E-state index contributed by atoms with van der Waals surface area (Å²) in [5, 5.41) is 13.0. The standard InChI is InChI=1S/C11H19N3O2/c15-8-14-7-12-10(11(14)16)13-9-5-3-1-2-4-6-9/h8-9,11,16H,1-7H2,(H,12,13). The van der Waals surface area contributed by atoms with Crippen LogP contribution in [0, 0.1) is 0 Å². The molecule has 2 rings (SSSR count). The Hall–Kier alpha value is -1.10. The van der Waals surface area contributed by atoms with Gasteiger partial charge < -0.3 is 10.4 Å². The Labute approximate surface area is 95.5 Å². The van der Waals surface area contributed by atoms with E-state index in [1.165, 1.54) is 30.6 Å². The number of aliphatic imine (C=N–C) groups is 1. The molecule has 2 aliphatic rings. The van der Waals surface area contributed by atoms with Crippen molar-refractivity contribution in [2.75, 3.05) is 6.67 Å². The van der Waals surface area contributed by atoms with Crippen LogP contribution in [-0.2, 0) is 4.79 Å². The summed E-state index contributed by atoms with van der Waals surface area (Å²) < 4.78 is 0. The summed E-state index contributed by atoms with van der Waals surface area (Å²) >= 11 is 0. The number of amidine groups is 1. The molecule has 0 spiro atoms. The predicted octanol–water partition coefficient (Wildman–Crippen LogP) is 0.445. The Morgan fingerprint density at radius 3 is 2.56 bits per heavy atom. The van der Waals surface area contributed by atoms with Gasteiger partial charge >= 0.3 is 0 Å². The highest BCUT2D eigenvalue weighted by Crippen LogP contribution is 2.18. The van der Waals surface area contributed by atoms with Crippen molar-refractivity contribution in [2.45, 2.75) is 50.8 Å². The van der Waals surface area contributed by atoms with Crippen molar-refractivity contribution >= 4 is 12.2 Å². The van der Waals surface area contributed by atoms with Crippen LogP contribution in [0.15, 0.2) is 4.99 Å². The molecule has 1 unspecified atom stereocenters. The van der Waals surface area contributed by atoms with Crippen LogP contribution in [-0.4, -0.2) is 41.2 Å². The normalized spacial score (nSPS) is 27.4. The lowest BCUT2D eigenvalue weighted by Gasteiger charge is -2.21. The third kappa shape index (κ3) is 2.52. The second kappa shape index (κ2) is 5.30. The minimum atomic E-state index is -0.874. The van der Waals surface area contributed by atoms with Gasteiger partial charge in [0.05, 0.1) is 0 Å². The van der Waals surface area contributed by atoms with E-state index in [1.807, 2.05) is 0 Å². The molecule has 90 valence electrons. The van der Waals surface area contributed by atoms with E-state index in [4.69, 9.17) is 0 Å². The van der Waals surface area contributed by atoms with Crippen LogP contribution in [0.3, 0.4) is 0 Å². The minimum Gasteiger partial charge on any atom is -0.367 e. The molecule has 0 aromatic rings. The van der Waals surface area contributed by atoms with Gasteiger partial charge in [0.25, 0.3) is 0 Å². The first kappa shape index (κ1) is 11.4. The molecule has 16 heavy (non-hydrogen) atoms. The van der Waals surface area contributed by atoms with Gasteiger partial charge in [0, 0.05) is 6.04 Å². The fourth-order valence-electron chi connectivity index (χ4n) is 2.32. The highest BCUT2D eigenvalue weighted by molar-refractivity contribution is 5.89. The van der Waals surface area contributed by atoms with Crippen LogP contribution in [0.25, 0.3) is 0 Å². The lowest BCUT2D eigenvalue weighted by atomic mass is 10.1. The zero-order valence-corrected chi connectivity index (χ0v) is 9.43. The van der Waals surface area contributed by atoms with Gasteiger partial charge in [0.2, 0.25) is 6.41 Å². The van der Waals surface area contributed by atoms with Gasteiger partial charge in [-0.3, -0.25) is 9.69 Å². The number of aliphatic hydroxyl groups is 1. The first-order valence-corrected chi connectivity index (χ1v) is 6.01. The number of hydrogen-bond donors (Lipinski definition) is 2. The lowest BCUT2D eigenvalue weighted by Crippen LogP contribution is -2.44. The van der Waals surface area contributed by atoms with Crippen molar-refractivity contribution in [1.82, 2.24) is 10.2 Å². The van der Waals surface area contributed by atoms with E-state index in [9.17, 15) is 9.90 Å². The van der Waals surface area contributed by atoms with Crippen LogP contribution >= 0.6 is 0 Å². The molecule has 0 aromatic carbocycles. The van der Waals surface area contributed by atoms with E-state index in [1.54, 1.807) is 0 Å². The number of aliphatic hydroxyl groups excluding tert-OH is 1. The number of hydrogen-bond acceptors (Lipinski definition) is 4. The van der Waals surface area contributed by atoms with Gasteiger partial charge in [0.15, 0.2) is 6.23 Å². The quantitative estimate of drug-likeness (QED) is 0.529. The Kier molecular flexibility index (Phi) is 3.77. The molecule has 5 nitrogen and oxygen atoms in total. The number of nitrogens with zero attached hydrogens (tertiary/aromatic N) is 2. The zero-order valence-electron chi connectivity index (χ0n) is 9.43. The summed E-state index contributed by atoms with van der Waals surface area (Å²) in [6, 6.07) is 0.405. The lowest BCUT2D eigenvalue weighted by molar-refractivity contribution is -0.122. The highest BCUT2D eigenvalue weighted by atomic mass is 16.3. The van der Waals surface area contributed by atoms with Crippen molar-refractivity contribution in [2.24, 2.45) is 4.99 Å². The average molecular weight is 225 g/mol. The second-order valence-corrected chi connectivity index (χ2v) is 4.51. The minimum absolute atomic E-state index is 0.264. The van der Waals surface area contributed by atoms with Crippen molar-refractivity contribution < 1.29 is 9.90 Å². The van der Waals surface area contributed by atoms with Crippen molar-refractivity contribution in [3.8, 4) is 0 Å². The fraction of sp³-hybridized carbons (Fsp3) is 0.818. The van der Waals surface area contributed by atoms with E-state index in [0.717, 1.165) is 12.8 Å². The molecule has 1 heterocycles. The number of carbonyl (C=O) groups is 1. The third-order valence-corrected chi connectivity index (χ3v) is 3.31. The number of rotatable bonds is 2. The van der Waals surface area contributed by atoms with Gasteiger partial charge in [0.1, 0.15) is 12.5 Å². The zero-order chi connectivity index (χ0) is 11.4. The molecule has 1 amide bonds. The Morgan fingerprint density at radius 1 is 1.31 bits per heavy atom. The van der Waals surface area contributed by atoms with Gasteiger partial charge in [-0.15, -0.1) is 0 Å². The first-order chi connectivity index (χ1) is 7.81. The Bertz CT molecular complexity index is 272. The van der Waals surface area contributed by atoms with Crippen molar-refractivity contribution in [1.29, 1.82) is 0 Å². The van der Waals surface area contributed by atoms with Gasteiger partial charge in [-0.1, -0.05) is 25.7 Å². The summed E-state index contributed by atoms with van der Waals surface area (Å²) in [6.07, 6.45) is 7.09. The number of carbonyl (C=O) groups excluding carboxylic acids is 1. The van der Waals surface area contributed by atoms with Gasteiger partial charge in [-0.25, -0.2) is 4.99 Å². The molecule has 2 N–H and O–H groups in total. The fourth-order valence-corrected chi connectivity index (χ4v) is 2.32. The topological polar surface area (TPSA) is 64.9 Å². The molecule has 0 bridgehead atoms. The summed E-state index contributed by atoms with van der Waals surface area (Å²) in [4.78, 5) is 16.0. The van der Waals surface area contributed by atoms with Crippen LogP contribution in [0.5, 0.6) is 0 Å². The summed E-state index contributed by atoms with van der Waals surface area (Å²) in [5.74, 6) is 0.555. The van der Waals surface area contributed by atoms with E-state index in [0.29, 0.717) is 18.3 Å². The summed E-state index contributed by atoms with van der Waals surface area (Å²) in [5.41, 5.74) is 0. The Balaban J connectivity index is 1.87. The first-order valence-electron chi connectivity index (χ1n) is 6.01. The monoisotopic (exact) mass is 225 g/mol. The number of nitrogens with one attached hydrogen (secondary N) is 1. The molecule has 0 radical (unpaired) electrons. The SMILES string of the molecule is O=CN1CN=C(NC2CCCCCC2)C1O. The maximum Gasteiger partial charge on any atom is 0.213 e. The summed E-state index contributed by atoms with van der Waals surface area (Å²) in [6.45, 7) is 0.264. The Morgan fingerprint density at radius 2 is 2.00 bits per heavy atom.